The lowest BCUT2D eigenvalue weighted by Crippen LogP contribution is -2.30. The van der Waals surface area contributed by atoms with E-state index in [1.165, 1.54) is 18.2 Å². The molecule has 0 saturated heterocycles. The number of nitrogens with one attached hydrogen (secondary N) is 1. The minimum Gasteiger partial charge on any atom is -0.472 e. The Hall–Kier alpha value is -2.34. The first kappa shape index (κ1) is 14.1. The summed E-state index contributed by atoms with van der Waals surface area (Å²) in [4.78, 5) is 13.6. The number of likely N-dealkylation sites (N-methyl/N-ethyl adjacent to an activating group) is 1. The second-order valence-corrected chi connectivity index (χ2v) is 4.59. The van der Waals surface area contributed by atoms with Gasteiger partial charge >= 0.3 is 0 Å². The third-order valence-electron chi connectivity index (χ3n) is 2.71. The van der Waals surface area contributed by atoms with Gasteiger partial charge in [0.15, 0.2) is 0 Å². The molecule has 0 atom stereocenters. The molecule has 1 aromatic heterocycles. The van der Waals surface area contributed by atoms with E-state index in [1.54, 1.807) is 24.5 Å². The fourth-order valence-corrected chi connectivity index (χ4v) is 1.82. The van der Waals surface area contributed by atoms with Gasteiger partial charge in [0.2, 0.25) is 5.91 Å². The summed E-state index contributed by atoms with van der Waals surface area (Å²) < 4.78 is 18.4. The van der Waals surface area contributed by atoms with Gasteiger partial charge in [0.1, 0.15) is 5.82 Å². The predicted molar refractivity (Wildman–Crippen MR) is 74.5 cm³/mol. The molecule has 20 heavy (non-hydrogen) atoms. The van der Waals surface area contributed by atoms with E-state index in [-0.39, 0.29) is 18.1 Å². The molecule has 0 aliphatic rings. The number of carbonyl (C=O) groups excluding carboxylic acids is 1. The van der Waals surface area contributed by atoms with Gasteiger partial charge in [-0.1, -0.05) is 0 Å². The topological polar surface area (TPSA) is 71.5 Å². The third kappa shape index (κ3) is 3.83. The molecular formula is C14H16FN3O2. The largest absolute Gasteiger partial charge is 0.472 e. The van der Waals surface area contributed by atoms with E-state index in [9.17, 15) is 9.18 Å². The molecule has 3 N–H and O–H groups in total. The summed E-state index contributed by atoms with van der Waals surface area (Å²) in [7, 11) is 1.79. The highest BCUT2D eigenvalue weighted by molar-refractivity contribution is 5.92. The van der Waals surface area contributed by atoms with Gasteiger partial charge in [-0.05, 0) is 31.3 Å². The van der Waals surface area contributed by atoms with E-state index in [2.05, 4.69) is 5.32 Å². The summed E-state index contributed by atoms with van der Waals surface area (Å²) in [5.41, 5.74) is 7.01. The molecule has 0 saturated carbocycles. The molecule has 2 aromatic rings. The molecule has 2 rings (SSSR count). The molecule has 0 unspecified atom stereocenters. The van der Waals surface area contributed by atoms with Gasteiger partial charge in [0.05, 0.1) is 24.8 Å². The zero-order valence-electron chi connectivity index (χ0n) is 11.1. The molecule has 0 bridgehead atoms. The van der Waals surface area contributed by atoms with Crippen molar-refractivity contribution in [3.8, 4) is 0 Å². The van der Waals surface area contributed by atoms with E-state index in [4.69, 9.17) is 10.2 Å². The lowest BCUT2D eigenvalue weighted by molar-refractivity contribution is -0.117. The maximum absolute atomic E-state index is 13.5. The molecule has 106 valence electrons. The van der Waals surface area contributed by atoms with Gasteiger partial charge in [0, 0.05) is 17.8 Å². The van der Waals surface area contributed by atoms with Crippen LogP contribution in [0.5, 0.6) is 0 Å². The second-order valence-electron chi connectivity index (χ2n) is 4.59. The first-order valence-electron chi connectivity index (χ1n) is 6.09. The first-order chi connectivity index (χ1) is 9.54. The number of amides is 1. The first-order valence-corrected chi connectivity index (χ1v) is 6.09. The lowest BCUT2D eigenvalue weighted by Gasteiger charge is -2.15. The Labute approximate surface area is 116 Å². The van der Waals surface area contributed by atoms with Crippen LogP contribution >= 0.6 is 0 Å². The summed E-state index contributed by atoms with van der Waals surface area (Å²) in [5, 5.41) is 2.50. The maximum atomic E-state index is 13.5. The van der Waals surface area contributed by atoms with Crippen molar-refractivity contribution in [2.24, 2.45) is 0 Å². The maximum Gasteiger partial charge on any atom is 0.238 e. The van der Waals surface area contributed by atoms with Crippen LogP contribution in [0.1, 0.15) is 5.56 Å². The van der Waals surface area contributed by atoms with Crippen LogP contribution in [0.15, 0.2) is 41.2 Å². The Morgan fingerprint density at radius 3 is 2.95 bits per heavy atom. The van der Waals surface area contributed by atoms with Crippen molar-refractivity contribution in [1.29, 1.82) is 0 Å². The number of furan rings is 1. The molecule has 6 heteroatoms. The Kier molecular flexibility index (Phi) is 4.37. The third-order valence-corrected chi connectivity index (χ3v) is 2.71. The van der Waals surface area contributed by atoms with Gasteiger partial charge in [-0.3, -0.25) is 9.69 Å². The zero-order valence-corrected chi connectivity index (χ0v) is 11.1. The van der Waals surface area contributed by atoms with Gasteiger partial charge < -0.3 is 15.5 Å². The predicted octanol–water partition coefficient (Wildman–Crippen LogP) is 2.07. The summed E-state index contributed by atoms with van der Waals surface area (Å²) in [6, 6.07) is 5.88. The van der Waals surface area contributed by atoms with Gasteiger partial charge in [-0.25, -0.2) is 4.39 Å². The van der Waals surface area contributed by atoms with Crippen molar-refractivity contribution < 1.29 is 13.6 Å². The molecule has 1 aromatic carbocycles. The van der Waals surface area contributed by atoms with Crippen molar-refractivity contribution in [2.45, 2.75) is 6.54 Å². The SMILES string of the molecule is CN(CC(=O)Nc1cc(N)ccc1F)Cc1ccoc1. The van der Waals surface area contributed by atoms with Crippen LogP contribution in [0.3, 0.4) is 0 Å². The van der Waals surface area contributed by atoms with Gasteiger partial charge in [-0.15, -0.1) is 0 Å². The molecule has 1 amide bonds. The van der Waals surface area contributed by atoms with E-state index >= 15 is 0 Å². The summed E-state index contributed by atoms with van der Waals surface area (Å²) in [6.07, 6.45) is 3.19. The fraction of sp³-hybridized carbons (Fsp3) is 0.214. The van der Waals surface area contributed by atoms with Crippen molar-refractivity contribution >= 4 is 17.3 Å². The van der Waals surface area contributed by atoms with E-state index in [0.717, 1.165) is 5.56 Å². The number of halogens is 1. The molecule has 0 aliphatic carbocycles. The van der Waals surface area contributed by atoms with Crippen LogP contribution in [0.4, 0.5) is 15.8 Å². The van der Waals surface area contributed by atoms with E-state index < -0.39 is 5.82 Å². The standard InChI is InChI=1S/C14H16FN3O2/c1-18(7-10-4-5-20-9-10)8-14(19)17-13-6-11(16)2-3-12(13)15/h2-6,9H,7-8,16H2,1H3,(H,17,19). The highest BCUT2D eigenvalue weighted by Crippen LogP contribution is 2.17. The number of benzene rings is 1. The van der Waals surface area contributed by atoms with Crippen LogP contribution in [0, 0.1) is 5.82 Å². The van der Waals surface area contributed by atoms with Gasteiger partial charge in [-0.2, -0.15) is 0 Å². The summed E-state index contributed by atoms with van der Waals surface area (Å²) in [6.45, 7) is 0.711. The van der Waals surface area contributed by atoms with Crippen molar-refractivity contribution in [1.82, 2.24) is 4.90 Å². The smallest absolute Gasteiger partial charge is 0.238 e. The highest BCUT2D eigenvalue weighted by atomic mass is 19.1. The Bertz CT molecular complexity index is 584. The van der Waals surface area contributed by atoms with E-state index in [1.807, 2.05) is 6.07 Å². The molecule has 0 fully saturated rings. The minimum absolute atomic E-state index is 0.0895. The molecule has 0 aliphatic heterocycles. The number of carbonyl (C=O) groups is 1. The van der Waals surface area contributed by atoms with E-state index in [0.29, 0.717) is 12.2 Å². The van der Waals surface area contributed by atoms with Crippen molar-refractivity contribution in [3.63, 3.8) is 0 Å². The lowest BCUT2D eigenvalue weighted by atomic mass is 10.2. The summed E-state index contributed by atoms with van der Waals surface area (Å²) >= 11 is 0. The van der Waals surface area contributed by atoms with Crippen LogP contribution in [-0.2, 0) is 11.3 Å². The van der Waals surface area contributed by atoms with Crippen LogP contribution in [0.2, 0.25) is 0 Å². The van der Waals surface area contributed by atoms with Crippen molar-refractivity contribution in [2.75, 3.05) is 24.6 Å². The number of rotatable bonds is 5. The summed E-state index contributed by atoms with van der Waals surface area (Å²) in [5.74, 6) is -0.814. The number of hydrogen-bond donors (Lipinski definition) is 2. The highest BCUT2D eigenvalue weighted by Gasteiger charge is 2.10. The second kappa shape index (κ2) is 6.21. The number of anilines is 2. The number of hydrogen-bond acceptors (Lipinski definition) is 4. The molecule has 1 heterocycles. The average Bonchev–Trinajstić information content (AvgIpc) is 2.86. The minimum atomic E-state index is -0.509. The van der Waals surface area contributed by atoms with Crippen LogP contribution in [0.25, 0.3) is 0 Å². The zero-order chi connectivity index (χ0) is 14.5. The Morgan fingerprint density at radius 2 is 2.25 bits per heavy atom. The van der Waals surface area contributed by atoms with Crippen molar-refractivity contribution in [3.05, 3.63) is 48.2 Å². The average molecular weight is 277 g/mol. The Morgan fingerprint density at radius 1 is 1.45 bits per heavy atom. The quantitative estimate of drug-likeness (QED) is 0.821. The van der Waals surface area contributed by atoms with Crippen LogP contribution < -0.4 is 11.1 Å². The number of nitrogens with two attached hydrogens (primary N) is 1. The van der Waals surface area contributed by atoms with Gasteiger partial charge in [0.25, 0.3) is 0 Å². The molecule has 0 radical (unpaired) electrons. The molecule has 0 spiro atoms. The number of nitrogens with zero attached hydrogens (tertiary/aromatic N) is 1. The molecular weight excluding hydrogens is 261 g/mol. The monoisotopic (exact) mass is 277 g/mol. The normalized spacial score (nSPS) is 10.8. The number of nitrogen functional groups attached to an aromatic ring is 1. The molecule has 5 nitrogen and oxygen atoms in total. The van der Waals surface area contributed by atoms with Crippen LogP contribution in [-0.4, -0.2) is 24.4 Å². The Balaban J connectivity index is 1.90. The fourth-order valence-electron chi connectivity index (χ4n) is 1.82.